The largest absolute Gasteiger partial charge is 0.507 e. The molecular formula is C19H15ClN2O4. The zero-order chi connectivity index (χ0) is 18.8. The minimum Gasteiger partial charge on any atom is -0.507 e. The van der Waals surface area contributed by atoms with Gasteiger partial charge in [0.05, 0.1) is 11.6 Å². The van der Waals surface area contributed by atoms with Gasteiger partial charge in [-0.3, -0.25) is 14.4 Å². The van der Waals surface area contributed by atoms with Crippen LogP contribution in [0.25, 0.3) is 5.76 Å². The molecule has 1 heterocycles. The normalized spacial score (nSPS) is 19.0. The number of carbonyl (C=O) groups is 3. The highest BCUT2D eigenvalue weighted by Gasteiger charge is 2.46. The topological polar surface area (TPSA) is 101 Å². The van der Waals surface area contributed by atoms with Gasteiger partial charge in [0, 0.05) is 10.6 Å². The average molecular weight is 371 g/mol. The van der Waals surface area contributed by atoms with Crippen LogP contribution in [0.1, 0.15) is 17.2 Å². The molecule has 6 nitrogen and oxygen atoms in total. The monoisotopic (exact) mass is 370 g/mol. The molecule has 1 saturated heterocycles. The predicted molar refractivity (Wildman–Crippen MR) is 96.1 cm³/mol. The fourth-order valence-electron chi connectivity index (χ4n) is 2.96. The lowest BCUT2D eigenvalue weighted by molar-refractivity contribution is -0.141. The third kappa shape index (κ3) is 3.19. The molecule has 3 rings (SSSR count). The number of halogens is 1. The van der Waals surface area contributed by atoms with Gasteiger partial charge < -0.3 is 15.7 Å². The van der Waals surface area contributed by atoms with Crippen molar-refractivity contribution in [1.82, 2.24) is 4.90 Å². The minimum atomic E-state index is -0.903. The Morgan fingerprint density at radius 2 is 1.69 bits per heavy atom. The van der Waals surface area contributed by atoms with Crippen molar-refractivity contribution in [2.45, 2.75) is 6.04 Å². The summed E-state index contributed by atoms with van der Waals surface area (Å²) in [6.45, 7) is -0.429. The summed E-state index contributed by atoms with van der Waals surface area (Å²) in [6, 6.07) is 14.0. The van der Waals surface area contributed by atoms with Crippen molar-refractivity contribution in [3.63, 3.8) is 0 Å². The number of amides is 2. The highest BCUT2D eigenvalue weighted by molar-refractivity contribution is 6.47. The smallest absolute Gasteiger partial charge is 0.296 e. The Kier molecular flexibility index (Phi) is 4.77. The summed E-state index contributed by atoms with van der Waals surface area (Å²) in [7, 11) is 0. The second-order valence-electron chi connectivity index (χ2n) is 5.81. The standard InChI is InChI=1S/C19H15ClN2O4/c20-13-8-6-12(7-9-13)17(24)15-16(11-4-2-1-3-5-11)22(10-14(21)23)19(26)18(15)25/h1-9,16,24H,10H2,(H2,21,23)/b17-15+. The number of hydrogen-bond acceptors (Lipinski definition) is 4. The van der Waals surface area contributed by atoms with Crippen LogP contribution in [0.15, 0.2) is 60.2 Å². The van der Waals surface area contributed by atoms with E-state index in [4.69, 9.17) is 17.3 Å². The van der Waals surface area contributed by atoms with Crippen molar-refractivity contribution in [2.24, 2.45) is 5.73 Å². The fraction of sp³-hybridized carbons (Fsp3) is 0.105. The Labute approximate surface area is 154 Å². The molecule has 132 valence electrons. The molecule has 0 aliphatic carbocycles. The van der Waals surface area contributed by atoms with Crippen LogP contribution >= 0.6 is 11.6 Å². The first kappa shape index (κ1) is 17.7. The first-order valence-corrected chi connectivity index (χ1v) is 8.15. The number of aliphatic hydroxyl groups excluding tert-OH is 1. The van der Waals surface area contributed by atoms with Crippen LogP contribution < -0.4 is 5.73 Å². The Hall–Kier alpha value is -3.12. The second kappa shape index (κ2) is 7.01. The summed E-state index contributed by atoms with van der Waals surface area (Å²) in [4.78, 5) is 37.5. The number of rotatable bonds is 4. The molecule has 0 radical (unpaired) electrons. The van der Waals surface area contributed by atoms with Crippen LogP contribution in [-0.4, -0.2) is 34.1 Å². The molecule has 3 N–H and O–H groups in total. The van der Waals surface area contributed by atoms with Gasteiger partial charge in [-0.25, -0.2) is 0 Å². The third-order valence-corrected chi connectivity index (χ3v) is 4.35. The fourth-order valence-corrected chi connectivity index (χ4v) is 3.08. The molecule has 0 spiro atoms. The van der Waals surface area contributed by atoms with E-state index in [0.717, 1.165) is 4.90 Å². The number of primary amides is 1. The van der Waals surface area contributed by atoms with Crippen LogP contribution in [-0.2, 0) is 14.4 Å². The van der Waals surface area contributed by atoms with Crippen molar-refractivity contribution in [1.29, 1.82) is 0 Å². The zero-order valence-electron chi connectivity index (χ0n) is 13.6. The van der Waals surface area contributed by atoms with E-state index in [1.807, 2.05) is 0 Å². The van der Waals surface area contributed by atoms with Crippen molar-refractivity contribution >= 4 is 35.0 Å². The maximum Gasteiger partial charge on any atom is 0.296 e. The summed E-state index contributed by atoms with van der Waals surface area (Å²) in [5.74, 6) is -2.83. The average Bonchev–Trinajstić information content (AvgIpc) is 2.87. The van der Waals surface area contributed by atoms with E-state index >= 15 is 0 Å². The molecule has 1 fully saturated rings. The van der Waals surface area contributed by atoms with Gasteiger partial charge in [0.15, 0.2) is 0 Å². The quantitative estimate of drug-likeness (QED) is 0.489. The van der Waals surface area contributed by atoms with E-state index in [2.05, 4.69) is 0 Å². The van der Waals surface area contributed by atoms with Gasteiger partial charge in [-0.2, -0.15) is 0 Å². The Morgan fingerprint density at radius 1 is 1.08 bits per heavy atom. The molecule has 1 atom stereocenters. The maximum absolute atomic E-state index is 12.6. The molecule has 2 amide bonds. The van der Waals surface area contributed by atoms with Crippen LogP contribution in [0.3, 0.4) is 0 Å². The number of carbonyl (C=O) groups excluding carboxylic acids is 3. The van der Waals surface area contributed by atoms with Crippen molar-refractivity contribution in [3.8, 4) is 0 Å². The number of nitrogens with zero attached hydrogens (tertiary/aromatic N) is 1. The first-order valence-electron chi connectivity index (χ1n) is 7.77. The van der Waals surface area contributed by atoms with Gasteiger partial charge in [-0.1, -0.05) is 41.9 Å². The number of ketones is 1. The Balaban J connectivity index is 2.18. The maximum atomic E-state index is 12.6. The SMILES string of the molecule is NC(=O)CN1C(=O)C(=O)/C(=C(/O)c2ccc(Cl)cc2)C1c1ccccc1. The van der Waals surface area contributed by atoms with Crippen LogP contribution in [0.2, 0.25) is 5.02 Å². The van der Waals surface area contributed by atoms with Gasteiger partial charge >= 0.3 is 0 Å². The molecule has 2 aromatic rings. The first-order chi connectivity index (χ1) is 12.4. The van der Waals surface area contributed by atoms with Gasteiger partial charge in [-0.15, -0.1) is 0 Å². The molecule has 1 aliphatic rings. The number of likely N-dealkylation sites (tertiary alicyclic amines) is 1. The molecular weight excluding hydrogens is 356 g/mol. The number of aliphatic hydroxyl groups is 1. The minimum absolute atomic E-state index is 0.0928. The molecule has 0 bridgehead atoms. The van der Waals surface area contributed by atoms with E-state index in [-0.39, 0.29) is 11.3 Å². The van der Waals surface area contributed by atoms with Crippen LogP contribution in [0.5, 0.6) is 0 Å². The Morgan fingerprint density at radius 3 is 2.27 bits per heavy atom. The third-order valence-electron chi connectivity index (χ3n) is 4.10. The van der Waals surface area contributed by atoms with Gasteiger partial charge in [0.1, 0.15) is 12.3 Å². The highest BCUT2D eigenvalue weighted by Crippen LogP contribution is 2.39. The molecule has 0 saturated carbocycles. The Bertz CT molecular complexity index is 907. The number of hydrogen-bond donors (Lipinski definition) is 2. The van der Waals surface area contributed by atoms with Crippen LogP contribution in [0.4, 0.5) is 0 Å². The molecule has 2 aromatic carbocycles. The molecule has 7 heteroatoms. The van der Waals surface area contributed by atoms with Crippen LogP contribution in [0, 0.1) is 0 Å². The molecule has 26 heavy (non-hydrogen) atoms. The van der Waals surface area contributed by atoms with Crippen molar-refractivity contribution in [3.05, 3.63) is 76.3 Å². The summed E-state index contributed by atoms with van der Waals surface area (Å²) in [5.41, 5.74) is 6.07. The summed E-state index contributed by atoms with van der Waals surface area (Å²) >= 11 is 5.85. The van der Waals surface area contributed by atoms with E-state index in [1.165, 1.54) is 0 Å². The van der Waals surface area contributed by atoms with Crippen molar-refractivity contribution < 1.29 is 19.5 Å². The van der Waals surface area contributed by atoms with E-state index in [9.17, 15) is 19.5 Å². The van der Waals surface area contributed by atoms with Gasteiger partial charge in [-0.05, 0) is 29.8 Å². The highest BCUT2D eigenvalue weighted by atomic mass is 35.5. The molecule has 0 aromatic heterocycles. The lowest BCUT2D eigenvalue weighted by Gasteiger charge is -2.24. The van der Waals surface area contributed by atoms with Gasteiger partial charge in [0.2, 0.25) is 5.91 Å². The second-order valence-corrected chi connectivity index (χ2v) is 6.25. The van der Waals surface area contributed by atoms with Gasteiger partial charge in [0.25, 0.3) is 11.7 Å². The lowest BCUT2D eigenvalue weighted by Crippen LogP contribution is -2.37. The number of Topliss-reactive ketones (excluding diaryl/α,β-unsaturated/α-hetero) is 1. The predicted octanol–water partition coefficient (Wildman–Crippen LogP) is 2.25. The van der Waals surface area contributed by atoms with Crippen molar-refractivity contribution in [2.75, 3.05) is 6.54 Å². The number of benzene rings is 2. The lowest BCUT2D eigenvalue weighted by atomic mass is 9.95. The van der Waals surface area contributed by atoms with E-state index in [1.54, 1.807) is 54.6 Å². The van der Waals surface area contributed by atoms with E-state index in [0.29, 0.717) is 16.1 Å². The molecule has 1 aliphatic heterocycles. The summed E-state index contributed by atoms with van der Waals surface area (Å²) in [6.07, 6.45) is 0. The molecule has 1 unspecified atom stereocenters. The zero-order valence-corrected chi connectivity index (χ0v) is 14.3. The summed E-state index contributed by atoms with van der Waals surface area (Å²) < 4.78 is 0. The number of nitrogens with two attached hydrogens (primary N) is 1. The summed E-state index contributed by atoms with van der Waals surface area (Å²) in [5, 5.41) is 11.2. The van der Waals surface area contributed by atoms with E-state index < -0.39 is 30.2 Å².